The first-order valence-electron chi connectivity index (χ1n) is 10.8. The largest absolute Gasteiger partial charge is 0.337 e. The fourth-order valence-electron chi connectivity index (χ4n) is 4.68. The van der Waals surface area contributed by atoms with Gasteiger partial charge in [-0.3, -0.25) is 14.0 Å². The van der Waals surface area contributed by atoms with Crippen LogP contribution in [0.4, 0.5) is 0 Å². The molecule has 4 heterocycles. The number of benzene rings is 1. The Bertz CT molecular complexity index is 1330. The first-order chi connectivity index (χ1) is 15.0. The standard InChI is InChI=1S/C25H26N4O2/c1-17-7-6-12-29-22(17)26-23-20(24(29)30)16-21(27(23)2)25(31)28-13-10-19(11-14-28)15-18-8-4-3-5-9-18/h3-9,12,16,19H,10-11,13-15H2,1-2H3. The van der Waals surface area contributed by atoms with Crippen molar-refractivity contribution in [1.29, 1.82) is 0 Å². The summed E-state index contributed by atoms with van der Waals surface area (Å²) in [6.07, 6.45) is 4.77. The van der Waals surface area contributed by atoms with E-state index in [9.17, 15) is 9.59 Å². The van der Waals surface area contributed by atoms with Gasteiger partial charge in [0.15, 0.2) is 0 Å². The normalized spacial score (nSPS) is 15.1. The third kappa shape index (κ3) is 3.42. The van der Waals surface area contributed by atoms with E-state index in [4.69, 9.17) is 4.98 Å². The first-order valence-corrected chi connectivity index (χ1v) is 10.8. The smallest absolute Gasteiger partial charge is 0.270 e. The van der Waals surface area contributed by atoms with Gasteiger partial charge in [-0.1, -0.05) is 36.4 Å². The van der Waals surface area contributed by atoms with E-state index in [1.54, 1.807) is 21.2 Å². The lowest BCUT2D eigenvalue weighted by Crippen LogP contribution is -2.39. The van der Waals surface area contributed by atoms with Crippen molar-refractivity contribution in [1.82, 2.24) is 18.9 Å². The molecule has 0 radical (unpaired) electrons. The molecule has 0 atom stereocenters. The van der Waals surface area contributed by atoms with E-state index in [1.165, 1.54) is 5.56 Å². The van der Waals surface area contributed by atoms with Crippen LogP contribution in [0.5, 0.6) is 0 Å². The Morgan fingerprint density at radius 3 is 2.55 bits per heavy atom. The second-order valence-corrected chi connectivity index (χ2v) is 8.55. The minimum absolute atomic E-state index is 0.0242. The Kier molecular flexibility index (Phi) is 4.85. The van der Waals surface area contributed by atoms with Gasteiger partial charge in [-0.2, -0.15) is 0 Å². The summed E-state index contributed by atoms with van der Waals surface area (Å²) in [5, 5.41) is 0.480. The summed E-state index contributed by atoms with van der Waals surface area (Å²) in [6.45, 7) is 3.42. The lowest BCUT2D eigenvalue weighted by atomic mass is 9.90. The van der Waals surface area contributed by atoms with Crippen molar-refractivity contribution < 1.29 is 4.79 Å². The molecule has 1 aliphatic rings. The monoisotopic (exact) mass is 414 g/mol. The number of carbonyl (C=O) groups is 1. The fourth-order valence-corrected chi connectivity index (χ4v) is 4.68. The van der Waals surface area contributed by atoms with Gasteiger partial charge in [0.2, 0.25) is 0 Å². The lowest BCUT2D eigenvalue weighted by molar-refractivity contribution is 0.0681. The minimum atomic E-state index is -0.139. The third-order valence-electron chi connectivity index (χ3n) is 6.51. The number of fused-ring (bicyclic) bond motifs is 2. The average molecular weight is 415 g/mol. The van der Waals surface area contributed by atoms with Crippen molar-refractivity contribution in [3.05, 3.63) is 81.9 Å². The highest BCUT2D eigenvalue weighted by molar-refractivity contribution is 5.98. The van der Waals surface area contributed by atoms with Gasteiger partial charge < -0.3 is 9.47 Å². The first kappa shape index (κ1) is 19.5. The predicted octanol–water partition coefficient (Wildman–Crippen LogP) is 3.59. The Balaban J connectivity index is 1.40. The summed E-state index contributed by atoms with van der Waals surface area (Å²) in [6, 6.07) is 16.0. The third-order valence-corrected chi connectivity index (χ3v) is 6.51. The van der Waals surface area contributed by atoms with Gasteiger partial charge >= 0.3 is 0 Å². The van der Waals surface area contributed by atoms with Crippen LogP contribution in [0, 0.1) is 12.8 Å². The van der Waals surface area contributed by atoms with Crippen LogP contribution in [0.1, 0.15) is 34.5 Å². The molecular formula is C25H26N4O2. The Morgan fingerprint density at radius 1 is 1.06 bits per heavy atom. The number of hydrogen-bond acceptors (Lipinski definition) is 3. The van der Waals surface area contributed by atoms with Crippen molar-refractivity contribution in [3.8, 4) is 0 Å². The zero-order valence-electron chi connectivity index (χ0n) is 17.9. The van der Waals surface area contributed by atoms with E-state index in [2.05, 4.69) is 24.3 Å². The van der Waals surface area contributed by atoms with E-state index < -0.39 is 0 Å². The topological polar surface area (TPSA) is 59.6 Å². The summed E-state index contributed by atoms with van der Waals surface area (Å²) >= 11 is 0. The average Bonchev–Trinajstić information content (AvgIpc) is 3.12. The molecule has 1 amide bonds. The number of nitrogens with zero attached hydrogens (tertiary/aromatic N) is 4. The zero-order chi connectivity index (χ0) is 21.5. The van der Waals surface area contributed by atoms with Crippen LogP contribution in [0.2, 0.25) is 0 Å². The molecule has 0 saturated carbocycles. The van der Waals surface area contributed by atoms with Crippen molar-refractivity contribution in [3.63, 3.8) is 0 Å². The summed E-state index contributed by atoms with van der Waals surface area (Å²) < 4.78 is 3.32. The molecule has 0 unspecified atom stereocenters. The minimum Gasteiger partial charge on any atom is -0.337 e. The maximum atomic E-state index is 13.3. The van der Waals surface area contributed by atoms with E-state index >= 15 is 0 Å². The molecule has 6 heteroatoms. The van der Waals surface area contributed by atoms with Crippen LogP contribution in [-0.4, -0.2) is 37.8 Å². The molecule has 5 rings (SSSR count). The molecule has 0 aliphatic carbocycles. The molecule has 0 N–H and O–H groups in total. The van der Waals surface area contributed by atoms with E-state index in [0.29, 0.717) is 28.3 Å². The highest BCUT2D eigenvalue weighted by atomic mass is 16.2. The van der Waals surface area contributed by atoms with Crippen molar-refractivity contribution in [2.45, 2.75) is 26.2 Å². The Morgan fingerprint density at radius 2 is 1.81 bits per heavy atom. The summed E-state index contributed by atoms with van der Waals surface area (Å²) in [7, 11) is 1.82. The molecule has 31 heavy (non-hydrogen) atoms. The number of piperidine rings is 1. The van der Waals surface area contributed by atoms with Crippen molar-refractivity contribution >= 4 is 22.6 Å². The number of likely N-dealkylation sites (tertiary alicyclic amines) is 1. The number of amides is 1. The van der Waals surface area contributed by atoms with E-state index in [1.807, 2.05) is 37.1 Å². The molecule has 1 fully saturated rings. The van der Waals surface area contributed by atoms with Crippen LogP contribution >= 0.6 is 0 Å². The highest BCUT2D eigenvalue weighted by Gasteiger charge is 2.27. The van der Waals surface area contributed by atoms with E-state index in [-0.39, 0.29) is 11.5 Å². The van der Waals surface area contributed by atoms with E-state index in [0.717, 1.165) is 37.9 Å². The van der Waals surface area contributed by atoms with Crippen LogP contribution < -0.4 is 5.56 Å². The number of carbonyl (C=O) groups excluding carboxylic acids is 1. The van der Waals surface area contributed by atoms with Gasteiger partial charge in [0.05, 0.1) is 5.39 Å². The maximum absolute atomic E-state index is 13.3. The second kappa shape index (κ2) is 7.69. The number of hydrogen-bond donors (Lipinski definition) is 0. The zero-order valence-corrected chi connectivity index (χ0v) is 17.9. The van der Waals surface area contributed by atoms with Gasteiger partial charge in [0, 0.05) is 26.3 Å². The Hall–Kier alpha value is -3.41. The number of pyridine rings is 1. The summed E-state index contributed by atoms with van der Waals surface area (Å²) in [4.78, 5) is 32.9. The molecule has 1 aliphatic heterocycles. The second-order valence-electron chi connectivity index (χ2n) is 8.55. The molecule has 1 saturated heterocycles. The quantitative estimate of drug-likeness (QED) is 0.515. The van der Waals surface area contributed by atoms with Gasteiger partial charge in [-0.05, 0) is 55.4 Å². The maximum Gasteiger partial charge on any atom is 0.270 e. The molecule has 158 valence electrons. The molecule has 4 aromatic rings. The number of aryl methyl sites for hydroxylation is 2. The van der Waals surface area contributed by atoms with Gasteiger partial charge in [0.25, 0.3) is 11.5 Å². The van der Waals surface area contributed by atoms with Crippen molar-refractivity contribution in [2.75, 3.05) is 13.1 Å². The lowest BCUT2D eigenvalue weighted by Gasteiger charge is -2.32. The number of rotatable bonds is 3. The summed E-state index contributed by atoms with van der Waals surface area (Å²) in [5.41, 5.74) is 3.85. The molecule has 6 nitrogen and oxygen atoms in total. The Labute approximate surface area is 180 Å². The van der Waals surface area contributed by atoms with Crippen molar-refractivity contribution in [2.24, 2.45) is 13.0 Å². The van der Waals surface area contributed by atoms with Gasteiger partial charge in [0.1, 0.15) is 17.0 Å². The van der Waals surface area contributed by atoms with Crippen LogP contribution in [0.25, 0.3) is 16.7 Å². The predicted molar refractivity (Wildman–Crippen MR) is 121 cm³/mol. The highest BCUT2D eigenvalue weighted by Crippen LogP contribution is 2.24. The molecule has 0 spiro atoms. The molecule has 3 aromatic heterocycles. The SMILES string of the molecule is Cc1cccn2c(=O)c3cc(C(=O)N4CCC(Cc5ccccc5)CC4)n(C)c3nc12. The molecule has 0 bridgehead atoms. The van der Waals surface area contributed by atoms with Gasteiger partial charge in [-0.15, -0.1) is 0 Å². The van der Waals surface area contributed by atoms with Crippen LogP contribution in [0.3, 0.4) is 0 Å². The number of aromatic nitrogens is 3. The summed E-state index contributed by atoms with van der Waals surface area (Å²) in [5.74, 6) is 0.572. The van der Waals surface area contributed by atoms with Crippen LogP contribution in [-0.2, 0) is 13.5 Å². The molecular weight excluding hydrogens is 388 g/mol. The van der Waals surface area contributed by atoms with Gasteiger partial charge in [-0.25, -0.2) is 4.98 Å². The fraction of sp³-hybridized carbons (Fsp3) is 0.320. The van der Waals surface area contributed by atoms with Crippen LogP contribution in [0.15, 0.2) is 59.5 Å². The molecule has 1 aromatic carbocycles.